The Morgan fingerprint density at radius 2 is 1.72 bits per heavy atom. The SMILES string of the molecule is COc1ccc([C@H](c2c(NC(=O)c3ccccc3)sc(C)c2C)N2CCC(C)CC2)cc1. The number of amides is 1. The van der Waals surface area contributed by atoms with Crippen LogP contribution in [0, 0.1) is 19.8 Å². The number of piperidine rings is 1. The van der Waals surface area contributed by atoms with Gasteiger partial charge in [0.2, 0.25) is 0 Å². The molecule has 5 heteroatoms. The maximum Gasteiger partial charge on any atom is 0.256 e. The number of nitrogens with one attached hydrogen (secondary N) is 1. The average molecular weight is 449 g/mol. The van der Waals surface area contributed by atoms with Gasteiger partial charge in [-0.05, 0) is 81.1 Å². The molecule has 32 heavy (non-hydrogen) atoms. The third kappa shape index (κ3) is 4.74. The highest BCUT2D eigenvalue weighted by molar-refractivity contribution is 7.16. The summed E-state index contributed by atoms with van der Waals surface area (Å²) in [6, 6.07) is 17.9. The Balaban J connectivity index is 1.75. The second-order valence-corrected chi connectivity index (χ2v) is 9.97. The minimum atomic E-state index is -0.0613. The second-order valence-electron chi connectivity index (χ2n) is 8.74. The molecule has 1 aliphatic rings. The monoisotopic (exact) mass is 448 g/mol. The fourth-order valence-corrected chi connectivity index (χ4v) is 5.55. The molecule has 0 aliphatic carbocycles. The van der Waals surface area contributed by atoms with E-state index < -0.39 is 0 Å². The van der Waals surface area contributed by atoms with Crippen molar-refractivity contribution in [3.05, 3.63) is 81.7 Å². The minimum Gasteiger partial charge on any atom is -0.497 e. The van der Waals surface area contributed by atoms with E-state index >= 15 is 0 Å². The molecule has 2 aromatic carbocycles. The van der Waals surface area contributed by atoms with E-state index in [0.29, 0.717) is 5.56 Å². The number of hydrogen-bond acceptors (Lipinski definition) is 4. The minimum absolute atomic E-state index is 0.0613. The van der Waals surface area contributed by atoms with Crippen molar-refractivity contribution in [2.75, 3.05) is 25.5 Å². The molecule has 0 bridgehead atoms. The Morgan fingerprint density at radius 3 is 2.34 bits per heavy atom. The highest BCUT2D eigenvalue weighted by Crippen LogP contribution is 2.43. The highest BCUT2D eigenvalue weighted by Gasteiger charge is 2.31. The molecule has 1 aliphatic heterocycles. The fraction of sp³-hybridized carbons (Fsp3) is 0.370. The van der Waals surface area contributed by atoms with Gasteiger partial charge in [-0.25, -0.2) is 0 Å². The summed E-state index contributed by atoms with van der Waals surface area (Å²) in [5.41, 5.74) is 4.39. The summed E-state index contributed by atoms with van der Waals surface area (Å²) in [7, 11) is 1.70. The number of anilines is 1. The van der Waals surface area contributed by atoms with Crippen LogP contribution in [0.1, 0.15) is 57.7 Å². The van der Waals surface area contributed by atoms with Crippen molar-refractivity contribution >= 4 is 22.2 Å². The molecular weight excluding hydrogens is 416 g/mol. The van der Waals surface area contributed by atoms with Crippen LogP contribution < -0.4 is 10.1 Å². The van der Waals surface area contributed by atoms with Crippen molar-refractivity contribution in [3.63, 3.8) is 0 Å². The van der Waals surface area contributed by atoms with Crippen LogP contribution >= 0.6 is 11.3 Å². The summed E-state index contributed by atoms with van der Waals surface area (Å²) in [6.45, 7) is 8.77. The lowest BCUT2D eigenvalue weighted by Gasteiger charge is -2.38. The lowest BCUT2D eigenvalue weighted by atomic mass is 9.91. The van der Waals surface area contributed by atoms with E-state index in [4.69, 9.17) is 4.74 Å². The van der Waals surface area contributed by atoms with Gasteiger partial charge in [-0.15, -0.1) is 11.3 Å². The Kier molecular flexibility index (Phi) is 6.97. The number of aryl methyl sites for hydroxylation is 1. The molecule has 0 saturated carbocycles. The van der Waals surface area contributed by atoms with Crippen molar-refractivity contribution in [3.8, 4) is 5.75 Å². The summed E-state index contributed by atoms with van der Waals surface area (Å²) in [6.07, 6.45) is 2.39. The van der Waals surface area contributed by atoms with Crippen LogP contribution in [0.5, 0.6) is 5.75 Å². The number of carbonyl (C=O) groups excluding carboxylic acids is 1. The predicted octanol–water partition coefficient (Wildman–Crippen LogP) is 6.45. The molecule has 2 heterocycles. The molecule has 1 amide bonds. The number of benzene rings is 2. The van der Waals surface area contributed by atoms with Gasteiger partial charge >= 0.3 is 0 Å². The van der Waals surface area contributed by atoms with E-state index in [1.54, 1.807) is 18.4 Å². The maximum atomic E-state index is 13.0. The molecule has 4 nitrogen and oxygen atoms in total. The van der Waals surface area contributed by atoms with Crippen molar-refractivity contribution in [2.24, 2.45) is 5.92 Å². The van der Waals surface area contributed by atoms with Crippen LogP contribution in [-0.4, -0.2) is 31.0 Å². The van der Waals surface area contributed by atoms with E-state index in [1.165, 1.54) is 34.4 Å². The zero-order valence-electron chi connectivity index (χ0n) is 19.4. The maximum absolute atomic E-state index is 13.0. The predicted molar refractivity (Wildman–Crippen MR) is 133 cm³/mol. The fourth-order valence-electron chi connectivity index (χ4n) is 4.46. The zero-order chi connectivity index (χ0) is 22.7. The Hall–Kier alpha value is -2.63. The average Bonchev–Trinajstić information content (AvgIpc) is 3.09. The third-order valence-corrected chi connectivity index (χ3v) is 7.72. The Labute approximate surface area is 195 Å². The van der Waals surface area contributed by atoms with Gasteiger partial charge in [0, 0.05) is 16.0 Å². The van der Waals surface area contributed by atoms with E-state index in [0.717, 1.165) is 29.8 Å². The van der Waals surface area contributed by atoms with E-state index in [-0.39, 0.29) is 11.9 Å². The Morgan fingerprint density at radius 1 is 1.06 bits per heavy atom. The number of rotatable bonds is 6. The number of hydrogen-bond donors (Lipinski definition) is 1. The topological polar surface area (TPSA) is 41.6 Å². The summed E-state index contributed by atoms with van der Waals surface area (Å²) < 4.78 is 5.40. The first-order valence-electron chi connectivity index (χ1n) is 11.3. The van der Waals surface area contributed by atoms with Crippen LogP contribution in [0.15, 0.2) is 54.6 Å². The summed E-state index contributed by atoms with van der Waals surface area (Å²) in [5, 5.41) is 4.19. The van der Waals surface area contributed by atoms with Crippen LogP contribution in [-0.2, 0) is 0 Å². The van der Waals surface area contributed by atoms with E-state index in [1.807, 2.05) is 42.5 Å². The summed E-state index contributed by atoms with van der Waals surface area (Å²) in [4.78, 5) is 16.8. The largest absolute Gasteiger partial charge is 0.497 e. The molecule has 0 unspecified atom stereocenters. The van der Waals surface area contributed by atoms with Crippen LogP contribution in [0.2, 0.25) is 0 Å². The molecule has 4 rings (SSSR count). The van der Waals surface area contributed by atoms with Crippen molar-refractivity contribution in [1.29, 1.82) is 0 Å². The third-order valence-electron chi connectivity index (χ3n) is 6.58. The zero-order valence-corrected chi connectivity index (χ0v) is 20.2. The van der Waals surface area contributed by atoms with Crippen LogP contribution in [0.25, 0.3) is 0 Å². The highest BCUT2D eigenvalue weighted by atomic mass is 32.1. The van der Waals surface area contributed by atoms with Gasteiger partial charge in [-0.3, -0.25) is 9.69 Å². The molecule has 1 fully saturated rings. The van der Waals surface area contributed by atoms with Crippen molar-refractivity contribution in [2.45, 2.75) is 39.7 Å². The van der Waals surface area contributed by atoms with Gasteiger partial charge in [0.05, 0.1) is 13.2 Å². The first kappa shape index (κ1) is 22.6. The van der Waals surface area contributed by atoms with Crippen molar-refractivity contribution in [1.82, 2.24) is 4.90 Å². The smallest absolute Gasteiger partial charge is 0.256 e. The van der Waals surface area contributed by atoms with Gasteiger partial charge in [-0.1, -0.05) is 37.3 Å². The number of nitrogens with zero attached hydrogens (tertiary/aromatic N) is 1. The van der Waals surface area contributed by atoms with Gasteiger partial charge in [0.25, 0.3) is 5.91 Å². The van der Waals surface area contributed by atoms with E-state index in [2.05, 4.69) is 43.1 Å². The molecule has 0 spiro atoms. The van der Waals surface area contributed by atoms with Gasteiger partial charge < -0.3 is 10.1 Å². The molecule has 168 valence electrons. The second kappa shape index (κ2) is 9.88. The molecule has 1 aromatic heterocycles. The lowest BCUT2D eigenvalue weighted by molar-refractivity contribution is 0.102. The number of thiophene rings is 1. The van der Waals surface area contributed by atoms with Gasteiger partial charge in [-0.2, -0.15) is 0 Å². The van der Waals surface area contributed by atoms with Crippen LogP contribution in [0.4, 0.5) is 5.00 Å². The number of ether oxygens (including phenoxy) is 1. The normalized spacial score (nSPS) is 16.0. The van der Waals surface area contributed by atoms with Crippen LogP contribution in [0.3, 0.4) is 0 Å². The van der Waals surface area contributed by atoms with Crippen molar-refractivity contribution < 1.29 is 9.53 Å². The Bertz CT molecular complexity index is 1050. The number of carbonyl (C=O) groups is 1. The van der Waals surface area contributed by atoms with Gasteiger partial charge in [0.1, 0.15) is 10.8 Å². The molecule has 1 N–H and O–H groups in total. The summed E-state index contributed by atoms with van der Waals surface area (Å²) in [5.74, 6) is 1.55. The molecule has 3 aromatic rings. The molecule has 0 radical (unpaired) electrons. The molecule has 1 atom stereocenters. The standard InChI is InChI=1S/C27H32N2O2S/c1-18-14-16-29(17-15-18)25(21-10-12-23(31-4)13-11-21)24-19(2)20(3)32-27(24)28-26(30)22-8-6-5-7-9-22/h5-13,18,25H,14-17H2,1-4H3,(H,28,30)/t25-/m1/s1. The summed E-state index contributed by atoms with van der Waals surface area (Å²) >= 11 is 1.68. The lowest BCUT2D eigenvalue weighted by Crippen LogP contribution is -2.37. The number of likely N-dealkylation sites (tertiary alicyclic amines) is 1. The first-order chi connectivity index (χ1) is 15.5. The quantitative estimate of drug-likeness (QED) is 0.471. The molecular formula is C27H32N2O2S. The first-order valence-corrected chi connectivity index (χ1v) is 12.1. The molecule has 1 saturated heterocycles. The van der Waals surface area contributed by atoms with Gasteiger partial charge in [0.15, 0.2) is 0 Å². The van der Waals surface area contributed by atoms with E-state index in [9.17, 15) is 4.79 Å². The number of methoxy groups -OCH3 is 1.